The van der Waals surface area contributed by atoms with Crippen LogP contribution in [0.4, 0.5) is 0 Å². The number of carbonyl (C=O) groups is 1. The van der Waals surface area contributed by atoms with Crippen LogP contribution in [0.1, 0.15) is 41.0 Å². The van der Waals surface area contributed by atoms with Crippen LogP contribution in [0.25, 0.3) is 0 Å². The predicted octanol–water partition coefficient (Wildman–Crippen LogP) is 1.29. The molecule has 1 unspecified atom stereocenters. The van der Waals surface area contributed by atoms with Crippen molar-refractivity contribution in [1.29, 1.82) is 0 Å². The Kier molecular flexibility index (Phi) is 37.9. The minimum Gasteiger partial charge on any atom is -0.525 e. The van der Waals surface area contributed by atoms with E-state index in [0.717, 1.165) is 6.42 Å². The van der Waals surface area contributed by atoms with Crippen molar-refractivity contribution in [2.45, 2.75) is 47.1 Å². The van der Waals surface area contributed by atoms with E-state index in [4.69, 9.17) is 18.9 Å². The van der Waals surface area contributed by atoms with Crippen molar-refractivity contribution in [2.75, 3.05) is 59.8 Å². The molecular weight excluding hydrogens is 597 g/mol. The number of ether oxygens (including phenoxy) is 4. The first-order valence-corrected chi connectivity index (χ1v) is 9.38. The fourth-order valence-corrected chi connectivity index (χ4v) is 1.44. The molecule has 0 fully saturated rings. The molecule has 0 bridgehead atoms. The Labute approximate surface area is 159 Å². The van der Waals surface area contributed by atoms with E-state index in [2.05, 4.69) is 10.6 Å². The summed E-state index contributed by atoms with van der Waals surface area (Å²) in [6, 6.07) is -0.268. The van der Waals surface area contributed by atoms with Crippen molar-refractivity contribution in [1.82, 2.24) is 10.6 Å². The molecule has 170 valence electrons. The number of carbonyl (C=O) groups excluding carboxylic acids is 2. The quantitative estimate of drug-likeness (QED) is 0.114. The zero-order valence-electron chi connectivity index (χ0n) is 17.7. The second kappa shape index (κ2) is 31.5. The summed E-state index contributed by atoms with van der Waals surface area (Å²) in [6.45, 7) is 13.1. The zero-order chi connectivity index (χ0) is 20.5. The summed E-state index contributed by atoms with van der Waals surface area (Å²) in [5.74, 6) is -0.317. The minimum atomic E-state index is -0.317. The topological polar surface area (TPSA) is 95.1 Å². The van der Waals surface area contributed by atoms with Gasteiger partial charge in [-0.1, -0.05) is 34.6 Å². The van der Waals surface area contributed by atoms with Crippen LogP contribution >= 0.6 is 0 Å². The van der Waals surface area contributed by atoms with Crippen LogP contribution in [0.3, 0.4) is 0 Å². The number of rotatable bonds is 16. The van der Waals surface area contributed by atoms with Crippen LogP contribution in [0, 0.1) is 0 Å². The molecule has 9 heteroatoms. The molecule has 0 aliphatic heterocycles. The molecule has 1 amide bonds. The van der Waals surface area contributed by atoms with E-state index >= 15 is 0 Å². The maximum Gasteiger partial charge on any atom is 0.319 e. The number of hydrogen-bond acceptors (Lipinski definition) is 7. The van der Waals surface area contributed by atoms with Crippen molar-refractivity contribution in [3.8, 4) is 0 Å². The molecule has 0 saturated heterocycles. The molecule has 0 aromatic heterocycles. The summed E-state index contributed by atoms with van der Waals surface area (Å²) in [4.78, 5) is 21.7. The van der Waals surface area contributed by atoms with E-state index < -0.39 is 0 Å². The third-order valence-electron chi connectivity index (χ3n) is 2.51. The van der Waals surface area contributed by atoms with Crippen LogP contribution in [0.2, 0.25) is 0 Å². The summed E-state index contributed by atoms with van der Waals surface area (Å²) in [5.41, 5.74) is 0. The average Bonchev–Trinajstić information content (AvgIpc) is 2.68. The van der Waals surface area contributed by atoms with Crippen LogP contribution in [-0.4, -0.2) is 78.3 Å². The van der Waals surface area contributed by atoms with Crippen molar-refractivity contribution in [3.63, 3.8) is 0 Å². The number of methoxy groups -OCH3 is 1. The standard InChI is InChI=1S/C14H27N2O6.2C2H6.Fm/c1-3-4-22-14(18)10-15-9-13(16-12-17)11-21-8-7-20-6-5-19-2;2*1-2;/h13,15H,3-11H2,1-2H3,(H,16,17);2*1-2H3;/q-1;;;. The molecule has 8 nitrogen and oxygen atoms in total. The molecule has 1 atom stereocenters. The molecule has 0 aromatic rings. The first-order valence-electron chi connectivity index (χ1n) is 9.38. The first-order chi connectivity index (χ1) is 12.7. The molecule has 0 saturated carbocycles. The molecule has 0 radical (unpaired) electrons. The number of nitrogens with one attached hydrogen (secondary N) is 2. The Hall–Kier alpha value is -2.22. The normalized spacial score (nSPS) is 10.1. The number of esters is 1. The SMILES string of the molecule is CC.CC.CCCOC(=O)CNCC(COCCOCCOC)N[C-]=O.[Fm]. The van der Waals surface area contributed by atoms with Crippen LogP contribution in [0.5, 0.6) is 0 Å². The Balaban J connectivity index is -0.000000492. The third kappa shape index (κ3) is 28.8. The molecule has 0 aromatic carbocycles. The second-order valence-corrected chi connectivity index (χ2v) is 4.47. The van der Waals surface area contributed by atoms with E-state index in [9.17, 15) is 9.59 Å². The van der Waals surface area contributed by atoms with Gasteiger partial charge in [-0.15, -0.1) is 0 Å². The van der Waals surface area contributed by atoms with E-state index in [1.165, 1.54) is 0 Å². The smallest absolute Gasteiger partial charge is 0.319 e. The Bertz CT molecular complexity index is 287. The largest absolute Gasteiger partial charge is 0.525 e. The monoisotopic (exact) mass is 636 g/mol. The van der Waals surface area contributed by atoms with Crippen molar-refractivity contribution >= 4 is 12.4 Å². The summed E-state index contributed by atoms with van der Waals surface area (Å²) < 4.78 is 20.4. The van der Waals surface area contributed by atoms with Crippen molar-refractivity contribution in [3.05, 3.63) is 0 Å². The Morgan fingerprint density at radius 3 is 2.15 bits per heavy atom. The van der Waals surface area contributed by atoms with E-state index in [1.54, 1.807) is 13.5 Å². The van der Waals surface area contributed by atoms with E-state index in [1.807, 2.05) is 34.6 Å². The molecule has 0 spiro atoms. The van der Waals surface area contributed by atoms with Gasteiger partial charge in [-0.05, 0) is 6.42 Å². The number of hydrogen-bond donors (Lipinski definition) is 2. The fourth-order valence-electron chi connectivity index (χ4n) is 1.44. The van der Waals surface area contributed by atoms with Gasteiger partial charge in [0.1, 0.15) is 0 Å². The first kappa shape index (κ1) is 32.5. The second-order valence-electron chi connectivity index (χ2n) is 4.47. The molecule has 2 N–H and O–H groups in total. The van der Waals surface area contributed by atoms with Gasteiger partial charge in [0.15, 0.2) is 0 Å². The van der Waals surface area contributed by atoms with Crippen LogP contribution in [-0.2, 0) is 28.5 Å². The number of amides is 1. The van der Waals surface area contributed by atoms with Crippen molar-refractivity contribution in [2.24, 2.45) is 0 Å². The minimum absolute atomic E-state index is 0. The maximum absolute atomic E-state index is 11.3. The maximum atomic E-state index is 11.3. The predicted molar refractivity (Wildman–Crippen MR) is 103 cm³/mol. The summed E-state index contributed by atoms with van der Waals surface area (Å²) >= 11 is 0. The molecule has 0 aliphatic carbocycles. The zero-order valence-corrected chi connectivity index (χ0v) is 20.1. The molecule has 27 heavy (non-hydrogen) atoms. The molecule has 0 aliphatic rings. The molecular formula is C18H39FmN2O6-. The van der Waals surface area contributed by atoms with Crippen LogP contribution in [0.15, 0.2) is 0 Å². The van der Waals surface area contributed by atoms with Crippen LogP contribution < -0.4 is 10.6 Å². The fraction of sp³-hybridized carbons (Fsp3) is 0.889. The molecule has 0 heterocycles. The van der Waals surface area contributed by atoms with Gasteiger partial charge in [-0.3, -0.25) is 4.79 Å². The van der Waals surface area contributed by atoms with E-state index in [0.29, 0.717) is 46.2 Å². The van der Waals surface area contributed by atoms with Gasteiger partial charge in [0.05, 0.1) is 46.2 Å². The summed E-state index contributed by atoms with van der Waals surface area (Å²) in [6.07, 6.45) is 2.41. The van der Waals surface area contributed by atoms with Gasteiger partial charge in [0.2, 0.25) is 0 Å². The van der Waals surface area contributed by atoms with E-state index in [-0.39, 0.29) is 18.6 Å². The van der Waals surface area contributed by atoms with Gasteiger partial charge in [0, 0.05) is 19.7 Å². The average molecular weight is 637 g/mol. The van der Waals surface area contributed by atoms with Gasteiger partial charge < -0.3 is 34.4 Å². The third-order valence-corrected chi connectivity index (χ3v) is 2.51. The Morgan fingerprint density at radius 1 is 1.00 bits per heavy atom. The van der Waals surface area contributed by atoms with Gasteiger partial charge >= 0.3 is 5.97 Å². The van der Waals surface area contributed by atoms with Crippen molar-refractivity contribution < 1.29 is 28.5 Å². The van der Waals surface area contributed by atoms with Gasteiger partial charge in [-0.2, -0.15) is 6.41 Å². The Morgan fingerprint density at radius 2 is 1.59 bits per heavy atom. The summed E-state index contributed by atoms with van der Waals surface area (Å²) in [5, 5.41) is 5.41. The van der Waals surface area contributed by atoms with Gasteiger partial charge in [-0.25, -0.2) is 0 Å². The molecule has 0 rings (SSSR count). The summed E-state index contributed by atoms with van der Waals surface area (Å²) in [7, 11) is 1.61. The van der Waals surface area contributed by atoms with Gasteiger partial charge in [0.25, 0.3) is 0 Å².